The number of nitrogens with zero attached hydrogens (tertiary/aromatic N) is 8. The molecule has 0 radical (unpaired) electrons. The number of alkyl halides is 2. The lowest BCUT2D eigenvalue weighted by atomic mass is 9.79. The Morgan fingerprint density at radius 2 is 1.94 bits per heavy atom. The SMILES string of the molecule is Cc1cc2ncnn2cc1Nc1ncc2c(n1)N1C(=NCC13CCC(F)(F)CC3)N2C. The second-order valence-electron chi connectivity index (χ2n) is 8.55. The van der Waals surface area contributed by atoms with Crippen molar-refractivity contribution in [2.45, 2.75) is 44.1 Å². The van der Waals surface area contributed by atoms with E-state index in [-0.39, 0.29) is 12.8 Å². The number of hydrogen-bond donors (Lipinski definition) is 1. The smallest absolute Gasteiger partial charge is 0.248 e. The van der Waals surface area contributed by atoms with Crippen molar-refractivity contribution in [2.75, 3.05) is 28.7 Å². The highest BCUT2D eigenvalue weighted by Gasteiger charge is 2.54. The minimum Gasteiger partial charge on any atom is -0.323 e. The molecule has 3 aromatic heterocycles. The number of rotatable bonds is 2. The van der Waals surface area contributed by atoms with Crippen LogP contribution >= 0.6 is 0 Å². The molecule has 6 rings (SSSR count). The summed E-state index contributed by atoms with van der Waals surface area (Å²) in [4.78, 5) is 22.1. The molecular weight excluding hydrogens is 404 g/mol. The van der Waals surface area contributed by atoms with Crippen molar-refractivity contribution in [2.24, 2.45) is 4.99 Å². The van der Waals surface area contributed by atoms with Gasteiger partial charge in [0.1, 0.15) is 12.0 Å². The average Bonchev–Trinajstić information content (AvgIpc) is 3.41. The van der Waals surface area contributed by atoms with Crippen LogP contribution in [0, 0.1) is 6.92 Å². The zero-order valence-electron chi connectivity index (χ0n) is 17.2. The van der Waals surface area contributed by atoms with Crippen LogP contribution in [0.15, 0.2) is 29.8 Å². The van der Waals surface area contributed by atoms with Gasteiger partial charge in [-0.1, -0.05) is 0 Å². The number of aryl methyl sites for hydroxylation is 1. The van der Waals surface area contributed by atoms with Crippen molar-refractivity contribution in [1.29, 1.82) is 0 Å². The van der Waals surface area contributed by atoms with Gasteiger partial charge in [-0.25, -0.2) is 28.3 Å². The maximum atomic E-state index is 13.9. The zero-order valence-corrected chi connectivity index (χ0v) is 17.2. The van der Waals surface area contributed by atoms with Crippen LogP contribution in [-0.2, 0) is 0 Å². The molecule has 1 N–H and O–H groups in total. The van der Waals surface area contributed by atoms with E-state index in [2.05, 4.69) is 25.3 Å². The molecule has 1 aliphatic carbocycles. The van der Waals surface area contributed by atoms with Crippen LogP contribution in [0.25, 0.3) is 5.65 Å². The van der Waals surface area contributed by atoms with Crippen molar-refractivity contribution >= 4 is 34.7 Å². The molecule has 1 saturated carbocycles. The van der Waals surface area contributed by atoms with E-state index in [1.165, 1.54) is 6.33 Å². The minimum atomic E-state index is -2.60. The maximum Gasteiger partial charge on any atom is 0.248 e. The van der Waals surface area contributed by atoms with Gasteiger partial charge in [0.25, 0.3) is 0 Å². The summed E-state index contributed by atoms with van der Waals surface area (Å²) in [5.74, 6) is -0.703. The molecular formula is C20H21F2N9. The Bertz CT molecular complexity index is 1220. The van der Waals surface area contributed by atoms with Crippen molar-refractivity contribution < 1.29 is 8.78 Å². The fraction of sp³-hybridized carbons (Fsp3) is 0.450. The topological polar surface area (TPSA) is 86.8 Å². The molecule has 0 unspecified atom stereocenters. The molecule has 3 aromatic rings. The van der Waals surface area contributed by atoms with E-state index in [1.54, 1.807) is 10.7 Å². The second-order valence-corrected chi connectivity index (χ2v) is 8.55. The highest BCUT2D eigenvalue weighted by Crippen LogP contribution is 2.50. The van der Waals surface area contributed by atoms with Gasteiger partial charge in [0.15, 0.2) is 11.5 Å². The lowest BCUT2D eigenvalue weighted by Crippen LogP contribution is -2.54. The Hall–Kier alpha value is -3.37. The Kier molecular flexibility index (Phi) is 3.61. The first-order valence-electron chi connectivity index (χ1n) is 10.3. The molecule has 0 saturated heterocycles. The van der Waals surface area contributed by atoms with Crippen LogP contribution in [0.5, 0.6) is 0 Å². The first-order chi connectivity index (χ1) is 14.9. The van der Waals surface area contributed by atoms with Gasteiger partial charge < -0.3 is 10.2 Å². The summed E-state index contributed by atoms with van der Waals surface area (Å²) in [5, 5.41) is 7.44. The van der Waals surface area contributed by atoms with E-state index >= 15 is 0 Å². The third-order valence-corrected chi connectivity index (χ3v) is 6.59. The van der Waals surface area contributed by atoms with Gasteiger partial charge >= 0.3 is 0 Å². The molecule has 0 amide bonds. The number of aromatic nitrogens is 5. The van der Waals surface area contributed by atoms with Gasteiger partial charge in [0, 0.05) is 19.9 Å². The number of guanidine groups is 1. The standard InChI is InChI=1S/C20H21F2N9/c1-12-7-15-25-11-26-30(15)9-13(12)27-17-23-8-14-16(28-17)31-18(29(14)2)24-10-19(31)3-5-20(21,22)6-4-19/h7-9,11H,3-6,10H2,1-2H3,(H,23,27,28). The monoisotopic (exact) mass is 425 g/mol. The Labute approximate surface area is 176 Å². The Balaban J connectivity index is 1.36. The van der Waals surface area contributed by atoms with Gasteiger partial charge in [0.05, 0.1) is 30.2 Å². The maximum absolute atomic E-state index is 13.9. The van der Waals surface area contributed by atoms with Crippen molar-refractivity contribution in [3.8, 4) is 0 Å². The fourth-order valence-corrected chi connectivity index (χ4v) is 4.75. The summed E-state index contributed by atoms with van der Waals surface area (Å²) in [5.41, 5.74) is 2.93. The molecule has 1 fully saturated rings. The number of hydrogen-bond acceptors (Lipinski definition) is 8. The van der Waals surface area contributed by atoms with E-state index < -0.39 is 11.5 Å². The molecule has 5 heterocycles. The molecule has 0 atom stereocenters. The molecule has 160 valence electrons. The van der Waals surface area contributed by atoms with Gasteiger partial charge in [-0.05, 0) is 31.4 Å². The second kappa shape index (κ2) is 6.08. The summed E-state index contributed by atoms with van der Waals surface area (Å²) in [6.45, 7) is 2.48. The largest absolute Gasteiger partial charge is 0.323 e. The summed E-state index contributed by atoms with van der Waals surface area (Å²) < 4.78 is 29.4. The molecule has 0 bridgehead atoms. The van der Waals surface area contributed by atoms with Crippen molar-refractivity contribution in [3.05, 3.63) is 30.4 Å². The molecule has 11 heteroatoms. The predicted molar refractivity (Wildman–Crippen MR) is 112 cm³/mol. The first kappa shape index (κ1) is 18.4. The number of anilines is 4. The van der Waals surface area contributed by atoms with Crippen LogP contribution in [0.3, 0.4) is 0 Å². The third-order valence-electron chi connectivity index (χ3n) is 6.59. The quantitative estimate of drug-likeness (QED) is 0.675. The number of pyridine rings is 1. The van der Waals surface area contributed by atoms with E-state index in [0.29, 0.717) is 31.2 Å². The molecule has 1 spiro atoms. The van der Waals surface area contributed by atoms with Crippen LogP contribution in [0.4, 0.5) is 31.9 Å². The molecule has 31 heavy (non-hydrogen) atoms. The Morgan fingerprint density at radius 1 is 1.13 bits per heavy atom. The molecule has 9 nitrogen and oxygen atoms in total. The van der Waals surface area contributed by atoms with E-state index in [1.807, 2.05) is 31.1 Å². The van der Waals surface area contributed by atoms with E-state index in [0.717, 1.165) is 28.5 Å². The number of halogens is 2. The van der Waals surface area contributed by atoms with Crippen LogP contribution < -0.4 is 15.1 Å². The number of fused-ring (bicyclic) bond motifs is 5. The highest BCUT2D eigenvalue weighted by molar-refractivity contribution is 6.17. The van der Waals surface area contributed by atoms with Crippen LogP contribution in [-0.4, -0.2) is 55.6 Å². The highest BCUT2D eigenvalue weighted by atomic mass is 19.3. The summed E-state index contributed by atoms with van der Waals surface area (Å²) in [7, 11) is 1.91. The molecule has 0 aromatic carbocycles. The average molecular weight is 425 g/mol. The van der Waals surface area contributed by atoms with Crippen LogP contribution in [0.2, 0.25) is 0 Å². The minimum absolute atomic E-state index is 0.126. The fourth-order valence-electron chi connectivity index (χ4n) is 4.75. The normalized spacial score (nSPS) is 20.8. The van der Waals surface area contributed by atoms with Crippen molar-refractivity contribution in [1.82, 2.24) is 24.6 Å². The number of aliphatic imine (C=N–C) groups is 1. The van der Waals surface area contributed by atoms with Gasteiger partial charge in [-0.3, -0.25) is 4.90 Å². The lowest BCUT2D eigenvalue weighted by Gasteiger charge is -2.42. The lowest BCUT2D eigenvalue weighted by molar-refractivity contribution is -0.0480. The van der Waals surface area contributed by atoms with Gasteiger partial charge in [-0.15, -0.1) is 0 Å². The van der Waals surface area contributed by atoms with Crippen molar-refractivity contribution in [3.63, 3.8) is 0 Å². The summed E-state index contributed by atoms with van der Waals surface area (Å²) >= 11 is 0. The van der Waals surface area contributed by atoms with Crippen LogP contribution in [0.1, 0.15) is 31.2 Å². The third kappa shape index (κ3) is 2.68. The van der Waals surface area contributed by atoms with E-state index in [4.69, 9.17) is 9.98 Å². The first-order valence-corrected chi connectivity index (χ1v) is 10.3. The zero-order chi connectivity index (χ0) is 21.4. The van der Waals surface area contributed by atoms with Gasteiger partial charge in [-0.2, -0.15) is 10.1 Å². The molecule has 2 aliphatic heterocycles. The molecule has 3 aliphatic rings. The number of nitrogens with one attached hydrogen (secondary N) is 1. The van der Waals surface area contributed by atoms with Gasteiger partial charge in [0.2, 0.25) is 17.8 Å². The van der Waals surface area contributed by atoms with E-state index in [9.17, 15) is 8.78 Å². The predicted octanol–water partition coefficient (Wildman–Crippen LogP) is 3.15. The summed E-state index contributed by atoms with van der Waals surface area (Å²) in [6.07, 6.45) is 5.61. The Morgan fingerprint density at radius 3 is 2.74 bits per heavy atom. The summed E-state index contributed by atoms with van der Waals surface area (Å²) in [6, 6.07) is 1.93.